The average Bonchev–Trinajstić information content (AvgIpc) is 2.96. The number of benzene rings is 1. The predicted octanol–water partition coefficient (Wildman–Crippen LogP) is 2.23. The zero-order chi connectivity index (χ0) is 14.5. The van der Waals surface area contributed by atoms with E-state index < -0.39 is 0 Å². The second kappa shape index (κ2) is 6.43. The van der Waals surface area contributed by atoms with E-state index in [-0.39, 0.29) is 6.04 Å². The molecule has 1 aromatic carbocycles. The van der Waals surface area contributed by atoms with Crippen LogP contribution in [-0.2, 0) is 6.54 Å². The Hall–Kier alpha value is -2.01. The molecule has 1 unspecified atom stereocenters. The Balaban J connectivity index is 2.44. The number of nitrogens with one attached hydrogen (secondary N) is 1. The molecule has 0 aliphatic heterocycles. The molecule has 1 heterocycles. The lowest BCUT2D eigenvalue weighted by molar-refractivity contribution is 0.395. The van der Waals surface area contributed by atoms with Gasteiger partial charge in [-0.15, -0.1) is 0 Å². The first-order valence-corrected chi connectivity index (χ1v) is 6.65. The first-order valence-electron chi connectivity index (χ1n) is 6.65. The molecule has 0 saturated carbocycles. The van der Waals surface area contributed by atoms with Gasteiger partial charge in [0, 0.05) is 23.9 Å². The Morgan fingerprint density at radius 1 is 1.30 bits per heavy atom. The number of ether oxygens (including phenoxy) is 2. The van der Waals surface area contributed by atoms with Crippen LogP contribution in [0.25, 0.3) is 0 Å². The van der Waals surface area contributed by atoms with E-state index >= 15 is 0 Å². The van der Waals surface area contributed by atoms with Crippen LogP contribution >= 0.6 is 0 Å². The van der Waals surface area contributed by atoms with E-state index in [0.717, 1.165) is 29.2 Å². The molecule has 2 aromatic rings. The van der Waals surface area contributed by atoms with Gasteiger partial charge in [0.1, 0.15) is 11.5 Å². The Labute approximate surface area is 119 Å². The molecule has 1 atom stereocenters. The van der Waals surface area contributed by atoms with Gasteiger partial charge in [-0.3, -0.25) is 4.68 Å². The SMILES string of the molecule is CCn1cc(C(NC)c2cc(OC)ccc2OC)cn1. The Bertz CT molecular complexity index is 566. The number of aromatic nitrogens is 2. The fourth-order valence-electron chi connectivity index (χ4n) is 2.27. The zero-order valence-corrected chi connectivity index (χ0v) is 12.4. The van der Waals surface area contributed by atoms with E-state index in [2.05, 4.69) is 17.3 Å². The van der Waals surface area contributed by atoms with Crippen LogP contribution in [0.4, 0.5) is 0 Å². The smallest absolute Gasteiger partial charge is 0.124 e. The first-order chi connectivity index (χ1) is 9.73. The lowest BCUT2D eigenvalue weighted by Gasteiger charge is -2.19. The second-order valence-corrected chi connectivity index (χ2v) is 4.46. The van der Waals surface area contributed by atoms with Gasteiger partial charge in [-0.05, 0) is 32.2 Å². The van der Waals surface area contributed by atoms with Crippen LogP contribution in [0, 0.1) is 0 Å². The highest BCUT2D eigenvalue weighted by Crippen LogP contribution is 2.32. The predicted molar refractivity (Wildman–Crippen MR) is 78.3 cm³/mol. The summed E-state index contributed by atoms with van der Waals surface area (Å²) >= 11 is 0. The van der Waals surface area contributed by atoms with Gasteiger partial charge < -0.3 is 14.8 Å². The Morgan fingerprint density at radius 3 is 2.65 bits per heavy atom. The van der Waals surface area contributed by atoms with Gasteiger partial charge in [0.2, 0.25) is 0 Å². The van der Waals surface area contributed by atoms with Crippen LogP contribution in [-0.4, -0.2) is 31.0 Å². The monoisotopic (exact) mass is 275 g/mol. The van der Waals surface area contributed by atoms with Crippen LogP contribution in [0.15, 0.2) is 30.6 Å². The molecular formula is C15H21N3O2. The Kier molecular flexibility index (Phi) is 4.63. The quantitative estimate of drug-likeness (QED) is 0.878. The summed E-state index contributed by atoms with van der Waals surface area (Å²) in [5.74, 6) is 1.64. The number of aryl methyl sites for hydroxylation is 1. The van der Waals surface area contributed by atoms with Crippen molar-refractivity contribution in [1.82, 2.24) is 15.1 Å². The highest BCUT2D eigenvalue weighted by Gasteiger charge is 2.19. The van der Waals surface area contributed by atoms with Gasteiger partial charge in [0.15, 0.2) is 0 Å². The van der Waals surface area contributed by atoms with Crippen LogP contribution in [0.5, 0.6) is 11.5 Å². The lowest BCUT2D eigenvalue weighted by Crippen LogP contribution is -2.18. The molecule has 1 aromatic heterocycles. The fourth-order valence-corrected chi connectivity index (χ4v) is 2.27. The summed E-state index contributed by atoms with van der Waals surface area (Å²) in [6, 6.07) is 5.82. The van der Waals surface area contributed by atoms with Gasteiger partial charge in [0.25, 0.3) is 0 Å². The summed E-state index contributed by atoms with van der Waals surface area (Å²) in [4.78, 5) is 0. The van der Waals surface area contributed by atoms with Crippen LogP contribution in [0.2, 0.25) is 0 Å². The largest absolute Gasteiger partial charge is 0.497 e. The van der Waals surface area contributed by atoms with Gasteiger partial charge in [0.05, 0.1) is 26.5 Å². The molecule has 108 valence electrons. The van der Waals surface area contributed by atoms with Crippen molar-refractivity contribution in [2.75, 3.05) is 21.3 Å². The maximum Gasteiger partial charge on any atom is 0.124 e. The second-order valence-electron chi connectivity index (χ2n) is 4.46. The third kappa shape index (κ3) is 2.77. The van der Waals surface area contributed by atoms with Gasteiger partial charge in [-0.1, -0.05) is 0 Å². The van der Waals surface area contributed by atoms with Crippen molar-refractivity contribution < 1.29 is 9.47 Å². The van der Waals surface area contributed by atoms with Crippen LogP contribution < -0.4 is 14.8 Å². The molecule has 0 saturated heterocycles. The first kappa shape index (κ1) is 14.4. The summed E-state index contributed by atoms with van der Waals surface area (Å²) in [6.07, 6.45) is 3.92. The molecule has 0 amide bonds. The van der Waals surface area contributed by atoms with E-state index in [1.54, 1.807) is 14.2 Å². The molecule has 0 radical (unpaired) electrons. The molecule has 20 heavy (non-hydrogen) atoms. The third-order valence-electron chi connectivity index (χ3n) is 3.35. The molecule has 2 rings (SSSR count). The van der Waals surface area contributed by atoms with E-state index in [1.807, 2.05) is 42.3 Å². The number of hydrogen-bond acceptors (Lipinski definition) is 4. The van der Waals surface area contributed by atoms with Crippen molar-refractivity contribution in [2.45, 2.75) is 19.5 Å². The molecule has 0 bridgehead atoms. The topological polar surface area (TPSA) is 48.3 Å². The summed E-state index contributed by atoms with van der Waals surface area (Å²) in [7, 11) is 5.26. The maximum atomic E-state index is 5.46. The van der Waals surface area contributed by atoms with E-state index in [9.17, 15) is 0 Å². The van der Waals surface area contributed by atoms with Gasteiger partial charge in [-0.2, -0.15) is 5.10 Å². The summed E-state index contributed by atoms with van der Waals surface area (Å²) in [5, 5.41) is 7.64. The van der Waals surface area contributed by atoms with Crippen molar-refractivity contribution in [1.29, 1.82) is 0 Å². The number of rotatable bonds is 6. The third-order valence-corrected chi connectivity index (χ3v) is 3.35. The molecule has 1 N–H and O–H groups in total. The van der Waals surface area contributed by atoms with Crippen molar-refractivity contribution in [3.63, 3.8) is 0 Å². The van der Waals surface area contributed by atoms with Gasteiger partial charge in [-0.25, -0.2) is 0 Å². The highest BCUT2D eigenvalue weighted by molar-refractivity contribution is 5.45. The molecule has 0 aliphatic carbocycles. The lowest BCUT2D eigenvalue weighted by atomic mass is 10.0. The molecule has 5 nitrogen and oxygen atoms in total. The summed E-state index contributed by atoms with van der Waals surface area (Å²) < 4.78 is 12.7. The van der Waals surface area contributed by atoms with Crippen LogP contribution in [0.3, 0.4) is 0 Å². The van der Waals surface area contributed by atoms with Crippen molar-refractivity contribution in [2.24, 2.45) is 0 Å². The average molecular weight is 275 g/mol. The summed E-state index contributed by atoms with van der Waals surface area (Å²) in [5.41, 5.74) is 2.13. The zero-order valence-electron chi connectivity index (χ0n) is 12.4. The van der Waals surface area contributed by atoms with Crippen molar-refractivity contribution in [3.05, 3.63) is 41.7 Å². The molecule has 0 aliphatic rings. The fraction of sp³-hybridized carbons (Fsp3) is 0.400. The van der Waals surface area contributed by atoms with E-state index in [0.29, 0.717) is 0 Å². The number of nitrogens with zero attached hydrogens (tertiary/aromatic N) is 2. The minimum atomic E-state index is 0.0142. The molecule has 5 heteroatoms. The number of methoxy groups -OCH3 is 2. The Morgan fingerprint density at radius 2 is 2.10 bits per heavy atom. The van der Waals surface area contributed by atoms with Crippen molar-refractivity contribution >= 4 is 0 Å². The molecule has 0 fully saturated rings. The normalized spacial score (nSPS) is 12.2. The standard InChI is InChI=1S/C15H21N3O2/c1-5-18-10-11(9-17-18)15(16-2)13-8-12(19-3)6-7-14(13)20-4/h6-10,15-16H,5H2,1-4H3. The minimum absolute atomic E-state index is 0.0142. The molecular weight excluding hydrogens is 254 g/mol. The molecule has 0 spiro atoms. The highest BCUT2D eigenvalue weighted by atomic mass is 16.5. The summed E-state index contributed by atoms with van der Waals surface area (Å²) in [6.45, 7) is 2.92. The minimum Gasteiger partial charge on any atom is -0.497 e. The van der Waals surface area contributed by atoms with E-state index in [4.69, 9.17) is 9.47 Å². The van der Waals surface area contributed by atoms with Gasteiger partial charge >= 0.3 is 0 Å². The maximum absolute atomic E-state index is 5.46. The van der Waals surface area contributed by atoms with E-state index in [1.165, 1.54) is 0 Å². The van der Waals surface area contributed by atoms with Crippen LogP contribution in [0.1, 0.15) is 24.1 Å². The number of hydrogen-bond donors (Lipinski definition) is 1. The van der Waals surface area contributed by atoms with Crippen molar-refractivity contribution in [3.8, 4) is 11.5 Å².